The minimum atomic E-state index is -0.818. The molecule has 0 rings (SSSR count). The molecule has 0 N–H and O–H groups in total. The molecule has 6 heteroatoms. The Balaban J connectivity index is 4.53. The highest BCUT2D eigenvalue weighted by atomic mass is 16.6. The van der Waals surface area contributed by atoms with Crippen LogP contribution in [0.15, 0.2) is 134 Å². The standard InChI is InChI=1S/C69H112O6/c1-4-7-10-13-16-19-22-25-28-31-34-37-40-43-46-49-52-55-58-61-67(70)73-64-66(75-69(72)63-60-57-54-51-48-45-42-39-36-33-30-27-24-21-18-15-12-9-6-3)65-74-68(71)62-59-56-53-50-47-44-41-38-35-32-29-26-23-20-17-14-11-8-5-2/h7,9-10,12,16,18-19,21,25,27-28,30,32,34-37,39,43,45-46,48,66H,4-6,8,11,13-15,17,20,22-24,26,29,31,33,38,40-42,44,47,49-65H2,1-3H3/b10-7-,12-9-,19-16-,21-18-,28-25-,30-27-,35-32-,37-34-,39-36-,46-43-,48-45-. The van der Waals surface area contributed by atoms with Crippen LogP contribution in [0.1, 0.15) is 265 Å². The normalized spacial score (nSPS) is 13.1. The van der Waals surface area contributed by atoms with Crippen LogP contribution in [0.2, 0.25) is 0 Å². The quantitative estimate of drug-likeness (QED) is 0.0261. The van der Waals surface area contributed by atoms with Gasteiger partial charge in [-0.1, -0.05) is 244 Å². The summed E-state index contributed by atoms with van der Waals surface area (Å²) in [6.07, 6.45) is 87.3. The van der Waals surface area contributed by atoms with Gasteiger partial charge in [-0.3, -0.25) is 14.4 Å². The van der Waals surface area contributed by atoms with Crippen molar-refractivity contribution in [3.63, 3.8) is 0 Å². The topological polar surface area (TPSA) is 78.9 Å². The van der Waals surface area contributed by atoms with Crippen LogP contribution in [-0.4, -0.2) is 37.2 Å². The van der Waals surface area contributed by atoms with Crippen LogP contribution in [0.5, 0.6) is 0 Å². The molecule has 75 heavy (non-hydrogen) atoms. The zero-order chi connectivity index (χ0) is 54.3. The minimum absolute atomic E-state index is 0.108. The van der Waals surface area contributed by atoms with Crippen LogP contribution < -0.4 is 0 Å². The van der Waals surface area contributed by atoms with Crippen LogP contribution in [0.4, 0.5) is 0 Å². The van der Waals surface area contributed by atoms with E-state index in [1.54, 1.807) is 0 Å². The summed E-state index contributed by atoms with van der Waals surface area (Å²) in [5, 5.41) is 0. The lowest BCUT2D eigenvalue weighted by Crippen LogP contribution is -2.30. The molecular weight excluding hydrogens is 925 g/mol. The molecular formula is C69H112O6. The molecule has 0 aliphatic rings. The van der Waals surface area contributed by atoms with Gasteiger partial charge in [-0.15, -0.1) is 0 Å². The summed E-state index contributed by atoms with van der Waals surface area (Å²) < 4.78 is 16.9. The maximum atomic E-state index is 12.9. The van der Waals surface area contributed by atoms with Gasteiger partial charge in [0.25, 0.3) is 0 Å². The van der Waals surface area contributed by atoms with Gasteiger partial charge < -0.3 is 14.2 Å². The third-order valence-corrected chi connectivity index (χ3v) is 12.6. The minimum Gasteiger partial charge on any atom is -0.462 e. The highest BCUT2D eigenvalue weighted by molar-refractivity contribution is 5.71. The van der Waals surface area contributed by atoms with E-state index >= 15 is 0 Å². The second-order valence-corrected chi connectivity index (χ2v) is 19.8. The Labute approximate surface area is 462 Å². The van der Waals surface area contributed by atoms with Crippen molar-refractivity contribution in [2.75, 3.05) is 13.2 Å². The van der Waals surface area contributed by atoms with Gasteiger partial charge >= 0.3 is 17.9 Å². The second kappa shape index (κ2) is 62.1. The van der Waals surface area contributed by atoms with E-state index in [2.05, 4.69) is 154 Å². The third-order valence-electron chi connectivity index (χ3n) is 12.6. The van der Waals surface area contributed by atoms with Crippen molar-refractivity contribution in [3.8, 4) is 0 Å². The number of hydrogen-bond acceptors (Lipinski definition) is 6. The summed E-state index contributed by atoms with van der Waals surface area (Å²) in [6.45, 7) is 6.36. The molecule has 1 unspecified atom stereocenters. The molecule has 424 valence electrons. The molecule has 0 radical (unpaired) electrons. The van der Waals surface area contributed by atoms with Crippen LogP contribution in [-0.2, 0) is 28.6 Å². The molecule has 0 heterocycles. The molecule has 0 aliphatic carbocycles. The molecule has 6 nitrogen and oxygen atoms in total. The predicted octanol–water partition coefficient (Wildman–Crippen LogP) is 21.0. The van der Waals surface area contributed by atoms with E-state index < -0.39 is 6.10 Å². The number of esters is 3. The fraction of sp³-hybridized carbons (Fsp3) is 0.638. The number of carbonyl (C=O) groups is 3. The molecule has 1 atom stereocenters. The number of hydrogen-bond donors (Lipinski definition) is 0. The van der Waals surface area contributed by atoms with Crippen molar-refractivity contribution < 1.29 is 28.6 Å². The zero-order valence-electron chi connectivity index (χ0n) is 48.5. The first-order valence-electron chi connectivity index (χ1n) is 30.7. The second-order valence-electron chi connectivity index (χ2n) is 19.8. The Hall–Kier alpha value is -4.45. The lowest BCUT2D eigenvalue weighted by molar-refractivity contribution is -0.167. The van der Waals surface area contributed by atoms with Gasteiger partial charge in [0.05, 0.1) is 0 Å². The van der Waals surface area contributed by atoms with Crippen molar-refractivity contribution in [1.29, 1.82) is 0 Å². The Bertz CT molecular complexity index is 1620. The maximum Gasteiger partial charge on any atom is 0.306 e. The van der Waals surface area contributed by atoms with Crippen molar-refractivity contribution in [1.82, 2.24) is 0 Å². The summed E-state index contributed by atoms with van der Waals surface area (Å²) in [5.41, 5.74) is 0. The number of ether oxygens (including phenoxy) is 3. The van der Waals surface area contributed by atoms with E-state index in [9.17, 15) is 14.4 Å². The first-order chi connectivity index (χ1) is 37.0. The van der Waals surface area contributed by atoms with Gasteiger partial charge in [0.2, 0.25) is 0 Å². The van der Waals surface area contributed by atoms with Gasteiger partial charge in [-0.25, -0.2) is 0 Å². The summed E-state index contributed by atoms with van der Waals surface area (Å²) in [5.74, 6) is -0.978. The molecule has 0 aromatic heterocycles. The van der Waals surface area contributed by atoms with E-state index in [-0.39, 0.29) is 37.5 Å². The number of carbonyl (C=O) groups excluding carboxylic acids is 3. The highest BCUT2D eigenvalue weighted by Gasteiger charge is 2.19. The summed E-state index contributed by atoms with van der Waals surface area (Å²) in [4.78, 5) is 38.3. The predicted molar refractivity (Wildman–Crippen MR) is 325 cm³/mol. The summed E-state index contributed by atoms with van der Waals surface area (Å²) in [6, 6.07) is 0. The number of allylic oxidation sites excluding steroid dienone is 22. The molecule has 0 aliphatic heterocycles. The van der Waals surface area contributed by atoms with E-state index in [4.69, 9.17) is 14.2 Å². The van der Waals surface area contributed by atoms with Crippen molar-refractivity contribution in [2.45, 2.75) is 271 Å². The van der Waals surface area contributed by atoms with Gasteiger partial charge in [-0.2, -0.15) is 0 Å². The first kappa shape index (κ1) is 70.5. The van der Waals surface area contributed by atoms with Crippen LogP contribution in [0.25, 0.3) is 0 Å². The lowest BCUT2D eigenvalue weighted by atomic mass is 10.1. The van der Waals surface area contributed by atoms with E-state index in [0.29, 0.717) is 19.3 Å². The SMILES string of the molecule is CC/C=C\C/C=C\C/C=C\C/C=C\C/C=C\CCCCCC(=O)OCC(COC(=O)CCCCCCCCC/C=C\CCCCCCCCCC)OC(=O)CCCCC/C=C\C/C=C\C/C=C\C/C=C\C/C=C\CC. The Morgan fingerprint density at radius 2 is 0.520 bits per heavy atom. The van der Waals surface area contributed by atoms with Gasteiger partial charge in [0, 0.05) is 19.3 Å². The van der Waals surface area contributed by atoms with Crippen molar-refractivity contribution >= 4 is 17.9 Å². The molecule has 0 saturated heterocycles. The van der Waals surface area contributed by atoms with Crippen LogP contribution in [0.3, 0.4) is 0 Å². The van der Waals surface area contributed by atoms with Crippen molar-refractivity contribution in [3.05, 3.63) is 134 Å². The average molecular weight is 1040 g/mol. The lowest BCUT2D eigenvalue weighted by Gasteiger charge is -2.18. The van der Waals surface area contributed by atoms with E-state index in [1.807, 2.05) is 0 Å². The molecule has 0 aromatic rings. The average Bonchev–Trinajstić information content (AvgIpc) is 3.41. The number of unbranched alkanes of at least 4 members (excludes halogenated alkanes) is 21. The van der Waals surface area contributed by atoms with Gasteiger partial charge in [0.1, 0.15) is 13.2 Å². The van der Waals surface area contributed by atoms with Crippen LogP contribution >= 0.6 is 0 Å². The first-order valence-corrected chi connectivity index (χ1v) is 30.7. The van der Waals surface area contributed by atoms with Gasteiger partial charge in [0.15, 0.2) is 6.10 Å². The zero-order valence-corrected chi connectivity index (χ0v) is 48.5. The number of rotatable bonds is 54. The Morgan fingerprint density at radius 1 is 0.280 bits per heavy atom. The third kappa shape index (κ3) is 60.3. The van der Waals surface area contributed by atoms with E-state index in [0.717, 1.165) is 128 Å². The van der Waals surface area contributed by atoms with Crippen molar-refractivity contribution in [2.24, 2.45) is 0 Å². The fourth-order valence-corrected chi connectivity index (χ4v) is 8.08. The fourth-order valence-electron chi connectivity index (χ4n) is 8.08. The molecule has 0 bridgehead atoms. The van der Waals surface area contributed by atoms with Gasteiger partial charge in [-0.05, 0) is 135 Å². The van der Waals surface area contributed by atoms with Crippen LogP contribution in [0, 0.1) is 0 Å². The monoisotopic (exact) mass is 1040 g/mol. The maximum absolute atomic E-state index is 12.9. The molecule has 0 amide bonds. The Morgan fingerprint density at radius 3 is 0.840 bits per heavy atom. The highest BCUT2D eigenvalue weighted by Crippen LogP contribution is 2.14. The molecule has 0 spiro atoms. The molecule has 0 aromatic carbocycles. The largest absolute Gasteiger partial charge is 0.462 e. The van der Waals surface area contributed by atoms with E-state index in [1.165, 1.54) is 89.9 Å². The Kier molecular flexibility index (Phi) is 58.4. The molecule has 0 saturated carbocycles. The smallest absolute Gasteiger partial charge is 0.306 e. The summed E-state index contributed by atoms with van der Waals surface area (Å²) >= 11 is 0. The molecule has 0 fully saturated rings. The summed E-state index contributed by atoms with van der Waals surface area (Å²) in [7, 11) is 0.